The normalized spacial score (nSPS) is 16.2. The van der Waals surface area contributed by atoms with Gasteiger partial charge in [-0.15, -0.1) is 10.2 Å². The Hall–Kier alpha value is -4.39. The van der Waals surface area contributed by atoms with E-state index in [2.05, 4.69) is 60.1 Å². The van der Waals surface area contributed by atoms with Gasteiger partial charge in [0.05, 0.1) is 49.9 Å². The molecular formula is C31H36N10O2. The molecule has 43 heavy (non-hydrogen) atoms. The molecule has 0 bridgehead atoms. The summed E-state index contributed by atoms with van der Waals surface area (Å²) >= 11 is 0. The van der Waals surface area contributed by atoms with Gasteiger partial charge in [-0.2, -0.15) is 10.1 Å². The first kappa shape index (κ1) is 27.4. The third kappa shape index (κ3) is 6.07. The smallest absolute Gasteiger partial charge is 0.228 e. The molecule has 0 spiro atoms. The molecule has 2 fully saturated rings. The van der Waals surface area contributed by atoms with Crippen molar-refractivity contribution in [3.8, 4) is 22.6 Å². The fourth-order valence-electron chi connectivity index (χ4n) is 5.62. The summed E-state index contributed by atoms with van der Waals surface area (Å²) in [5.74, 6) is 2.95. The van der Waals surface area contributed by atoms with Crippen LogP contribution in [-0.2, 0) is 16.0 Å². The summed E-state index contributed by atoms with van der Waals surface area (Å²) in [4.78, 5) is 17.8. The fourth-order valence-corrected chi connectivity index (χ4v) is 5.62. The summed E-state index contributed by atoms with van der Waals surface area (Å²) in [7, 11) is 0. The molecule has 0 aliphatic carbocycles. The summed E-state index contributed by atoms with van der Waals surface area (Å²) < 4.78 is 13.2. The average molecular weight is 581 g/mol. The quantitative estimate of drug-likeness (QED) is 0.280. The molecule has 222 valence electrons. The molecule has 2 aliphatic rings. The zero-order chi connectivity index (χ0) is 29.2. The minimum absolute atomic E-state index is 0.659. The molecule has 3 aromatic heterocycles. The van der Waals surface area contributed by atoms with Crippen LogP contribution in [0, 0.1) is 13.8 Å². The van der Waals surface area contributed by atoms with E-state index < -0.39 is 0 Å². The van der Waals surface area contributed by atoms with Gasteiger partial charge in [-0.3, -0.25) is 9.58 Å². The minimum atomic E-state index is 0.659. The van der Waals surface area contributed by atoms with Gasteiger partial charge in [0.25, 0.3) is 0 Å². The van der Waals surface area contributed by atoms with E-state index in [1.54, 1.807) is 0 Å². The second-order valence-corrected chi connectivity index (χ2v) is 11.0. The van der Waals surface area contributed by atoms with Crippen molar-refractivity contribution in [1.82, 2.24) is 39.8 Å². The molecule has 0 amide bonds. The Morgan fingerprint density at radius 2 is 1.56 bits per heavy atom. The van der Waals surface area contributed by atoms with Gasteiger partial charge in [-0.1, -0.05) is 12.1 Å². The van der Waals surface area contributed by atoms with Gasteiger partial charge in [0.15, 0.2) is 5.82 Å². The van der Waals surface area contributed by atoms with Crippen LogP contribution < -0.4 is 10.2 Å². The van der Waals surface area contributed by atoms with Crippen LogP contribution in [0.25, 0.3) is 33.5 Å². The lowest BCUT2D eigenvalue weighted by Gasteiger charge is -2.27. The van der Waals surface area contributed by atoms with Crippen LogP contribution >= 0.6 is 0 Å². The summed E-state index contributed by atoms with van der Waals surface area (Å²) in [5, 5.41) is 17.8. The SMILES string of the molecule is Cc1nnc(-c2ccc(Nc3cc(-c4ccc5c(C)nn(CCN6CCOCC6)c5c4)nc(N4CCOCC4)n3)cc2)[nH]1. The van der Waals surface area contributed by atoms with Crippen LogP contribution in [0.2, 0.25) is 0 Å². The maximum Gasteiger partial charge on any atom is 0.228 e. The highest BCUT2D eigenvalue weighted by Gasteiger charge is 2.18. The number of benzene rings is 2. The fraction of sp³-hybridized carbons (Fsp3) is 0.387. The van der Waals surface area contributed by atoms with Crippen LogP contribution in [-0.4, -0.2) is 99.0 Å². The lowest BCUT2D eigenvalue weighted by Crippen LogP contribution is -2.38. The monoisotopic (exact) mass is 580 g/mol. The van der Waals surface area contributed by atoms with E-state index in [1.165, 1.54) is 0 Å². The highest BCUT2D eigenvalue weighted by atomic mass is 16.5. The molecule has 7 rings (SSSR count). The first-order chi connectivity index (χ1) is 21.1. The molecule has 5 heterocycles. The van der Waals surface area contributed by atoms with E-state index >= 15 is 0 Å². The molecular weight excluding hydrogens is 544 g/mol. The molecule has 12 nitrogen and oxygen atoms in total. The van der Waals surface area contributed by atoms with Crippen LogP contribution in [0.1, 0.15) is 11.5 Å². The summed E-state index contributed by atoms with van der Waals surface area (Å²) in [5.41, 5.74) is 5.92. The number of ether oxygens (including phenoxy) is 2. The summed E-state index contributed by atoms with van der Waals surface area (Å²) in [6.45, 7) is 12.1. The largest absolute Gasteiger partial charge is 0.379 e. The molecule has 0 saturated carbocycles. The Labute approximate surface area is 250 Å². The highest BCUT2D eigenvalue weighted by Crippen LogP contribution is 2.30. The maximum absolute atomic E-state index is 5.60. The predicted octanol–water partition coefficient (Wildman–Crippen LogP) is 3.81. The van der Waals surface area contributed by atoms with Crippen molar-refractivity contribution in [2.24, 2.45) is 0 Å². The third-order valence-corrected chi connectivity index (χ3v) is 8.00. The number of anilines is 3. The lowest BCUT2D eigenvalue weighted by molar-refractivity contribution is 0.0361. The van der Waals surface area contributed by atoms with Crippen molar-refractivity contribution in [3.05, 3.63) is 60.0 Å². The zero-order valence-electron chi connectivity index (χ0n) is 24.6. The van der Waals surface area contributed by atoms with Crippen molar-refractivity contribution in [2.75, 3.05) is 69.4 Å². The molecule has 2 saturated heterocycles. The number of nitrogens with one attached hydrogen (secondary N) is 2. The summed E-state index contributed by atoms with van der Waals surface area (Å²) in [6, 6.07) is 16.6. The average Bonchev–Trinajstić information content (AvgIpc) is 3.63. The third-order valence-electron chi connectivity index (χ3n) is 8.00. The molecule has 0 atom stereocenters. The molecule has 5 aromatic rings. The molecule has 2 N–H and O–H groups in total. The molecule has 0 unspecified atom stereocenters. The topological polar surface area (TPSA) is 122 Å². The van der Waals surface area contributed by atoms with Crippen molar-refractivity contribution in [1.29, 1.82) is 0 Å². The molecule has 12 heteroatoms. The number of aromatic amines is 1. The van der Waals surface area contributed by atoms with Crippen molar-refractivity contribution >= 4 is 28.4 Å². The van der Waals surface area contributed by atoms with E-state index in [4.69, 9.17) is 24.5 Å². The van der Waals surface area contributed by atoms with Gasteiger partial charge < -0.3 is 24.7 Å². The standard InChI is InChI=1S/C31H36N10O2/c1-21-26-8-5-24(19-28(26)41(38-21)10-9-39-11-15-42-16-12-39)27-20-29(35-31(34-27)40-13-17-43-18-14-40)33-25-6-3-23(4-7-25)30-32-22(2)36-37-30/h3-8,19-20H,9-18H2,1-2H3,(H,32,36,37)(H,33,34,35). The number of H-pyrrole nitrogens is 1. The van der Waals surface area contributed by atoms with Crippen molar-refractivity contribution in [3.63, 3.8) is 0 Å². The second-order valence-electron chi connectivity index (χ2n) is 11.0. The lowest BCUT2D eigenvalue weighted by atomic mass is 10.1. The predicted molar refractivity (Wildman–Crippen MR) is 166 cm³/mol. The zero-order valence-corrected chi connectivity index (χ0v) is 24.6. The van der Waals surface area contributed by atoms with Crippen LogP contribution in [0.4, 0.5) is 17.5 Å². The Bertz CT molecular complexity index is 1700. The van der Waals surface area contributed by atoms with Gasteiger partial charge in [0, 0.05) is 61.0 Å². The molecule has 2 aromatic carbocycles. The van der Waals surface area contributed by atoms with Gasteiger partial charge >= 0.3 is 0 Å². The number of nitrogens with zero attached hydrogens (tertiary/aromatic N) is 8. The van der Waals surface area contributed by atoms with Gasteiger partial charge in [0.2, 0.25) is 5.95 Å². The highest BCUT2D eigenvalue weighted by molar-refractivity contribution is 5.86. The van der Waals surface area contributed by atoms with Gasteiger partial charge in [0.1, 0.15) is 11.6 Å². The number of rotatable bonds is 8. The minimum Gasteiger partial charge on any atom is -0.379 e. The maximum atomic E-state index is 5.60. The van der Waals surface area contributed by atoms with E-state index in [0.717, 1.165) is 109 Å². The first-order valence-electron chi connectivity index (χ1n) is 14.9. The van der Waals surface area contributed by atoms with Gasteiger partial charge in [-0.05, 0) is 44.2 Å². The Morgan fingerprint density at radius 3 is 2.30 bits per heavy atom. The Balaban J connectivity index is 1.19. The Morgan fingerprint density at radius 1 is 0.814 bits per heavy atom. The summed E-state index contributed by atoms with van der Waals surface area (Å²) in [6.07, 6.45) is 0. The van der Waals surface area contributed by atoms with E-state index in [1.807, 2.05) is 37.3 Å². The Kier molecular flexibility index (Phi) is 7.71. The van der Waals surface area contributed by atoms with E-state index in [9.17, 15) is 0 Å². The molecule has 2 aliphatic heterocycles. The van der Waals surface area contributed by atoms with Gasteiger partial charge in [-0.25, -0.2) is 4.98 Å². The molecule has 0 radical (unpaired) electrons. The number of fused-ring (bicyclic) bond motifs is 1. The van der Waals surface area contributed by atoms with Crippen LogP contribution in [0.15, 0.2) is 48.5 Å². The van der Waals surface area contributed by atoms with Crippen molar-refractivity contribution < 1.29 is 9.47 Å². The number of hydrogen-bond acceptors (Lipinski definition) is 10. The number of aryl methyl sites for hydroxylation is 2. The number of morpholine rings is 2. The number of aromatic nitrogens is 7. The first-order valence-corrected chi connectivity index (χ1v) is 14.9. The number of hydrogen-bond donors (Lipinski definition) is 2. The second kappa shape index (κ2) is 12.1. The van der Waals surface area contributed by atoms with E-state index in [-0.39, 0.29) is 0 Å². The van der Waals surface area contributed by atoms with Crippen molar-refractivity contribution in [2.45, 2.75) is 20.4 Å². The van der Waals surface area contributed by atoms with Crippen LogP contribution in [0.5, 0.6) is 0 Å². The van der Waals surface area contributed by atoms with E-state index in [0.29, 0.717) is 19.2 Å². The van der Waals surface area contributed by atoms with Crippen LogP contribution in [0.3, 0.4) is 0 Å².